The summed E-state index contributed by atoms with van der Waals surface area (Å²) in [5.41, 5.74) is 4.39. The molecule has 4 rings (SSSR count). The molecule has 0 aliphatic carbocycles. The van der Waals surface area contributed by atoms with Gasteiger partial charge in [-0.15, -0.1) is 0 Å². The summed E-state index contributed by atoms with van der Waals surface area (Å²) in [4.78, 5) is 9.04. The average molecular weight is 270 g/mol. The van der Waals surface area contributed by atoms with Crippen LogP contribution in [0.25, 0.3) is 32.9 Å². The van der Waals surface area contributed by atoms with E-state index < -0.39 is 0 Å². The van der Waals surface area contributed by atoms with Gasteiger partial charge in [-0.1, -0.05) is 54.6 Å². The fourth-order valence-corrected chi connectivity index (χ4v) is 2.90. The Morgan fingerprint density at radius 1 is 0.714 bits per heavy atom. The van der Waals surface area contributed by atoms with Crippen LogP contribution in [-0.2, 0) is 0 Å². The predicted molar refractivity (Wildman–Crippen MR) is 87.2 cm³/mol. The molecule has 0 atom stereocenters. The lowest BCUT2D eigenvalue weighted by atomic mass is 9.98. The normalized spacial score (nSPS) is 11.1. The molecule has 2 heteroatoms. The van der Waals surface area contributed by atoms with E-state index in [9.17, 15) is 0 Å². The first-order valence-corrected chi connectivity index (χ1v) is 7.03. The number of nitrogens with zero attached hydrogens (tertiary/aromatic N) is 2. The van der Waals surface area contributed by atoms with E-state index in [1.165, 1.54) is 16.3 Å². The van der Waals surface area contributed by atoms with Crippen molar-refractivity contribution in [1.29, 1.82) is 0 Å². The number of hydrogen-bond donors (Lipinski definition) is 0. The minimum absolute atomic E-state index is 0.995. The highest BCUT2D eigenvalue weighted by atomic mass is 14.8. The van der Waals surface area contributed by atoms with Crippen LogP contribution >= 0.6 is 0 Å². The third kappa shape index (κ3) is 1.88. The number of hydrogen-bond acceptors (Lipinski definition) is 2. The van der Waals surface area contributed by atoms with Crippen molar-refractivity contribution >= 4 is 21.7 Å². The maximum Gasteiger partial charge on any atom is 0.116 e. The van der Waals surface area contributed by atoms with Crippen LogP contribution in [0.5, 0.6) is 0 Å². The molecule has 0 unspecified atom stereocenters. The fraction of sp³-hybridized carbons (Fsp3) is 0.0526. The van der Waals surface area contributed by atoms with Gasteiger partial charge in [0.2, 0.25) is 0 Å². The molecule has 21 heavy (non-hydrogen) atoms. The van der Waals surface area contributed by atoms with Gasteiger partial charge in [-0.25, -0.2) is 9.97 Å². The summed E-state index contributed by atoms with van der Waals surface area (Å²) in [7, 11) is 0. The minimum Gasteiger partial charge on any atom is -0.236 e. The lowest BCUT2D eigenvalue weighted by Crippen LogP contribution is -1.91. The Labute approximate surface area is 123 Å². The first-order valence-electron chi connectivity index (χ1n) is 7.03. The second kappa shape index (κ2) is 4.67. The number of benzene rings is 3. The molecule has 4 aromatic rings. The van der Waals surface area contributed by atoms with E-state index in [4.69, 9.17) is 0 Å². The first-order chi connectivity index (χ1) is 10.3. The quantitative estimate of drug-likeness (QED) is 0.466. The summed E-state index contributed by atoms with van der Waals surface area (Å²) in [6.07, 6.45) is 1.66. The Hall–Kier alpha value is -2.74. The molecule has 2 nitrogen and oxygen atoms in total. The first kappa shape index (κ1) is 12.0. The molecule has 100 valence electrons. The van der Waals surface area contributed by atoms with Gasteiger partial charge in [0, 0.05) is 16.3 Å². The van der Waals surface area contributed by atoms with Crippen LogP contribution in [0.2, 0.25) is 0 Å². The average Bonchev–Trinajstić information content (AvgIpc) is 2.56. The standard InChI is InChI=1S/C19H14N2/c1-13-11-17-18(14-7-3-2-4-8-14)20-12-21-19(17)16-10-6-5-9-15(13)16/h2-12H,1H3. The summed E-state index contributed by atoms with van der Waals surface area (Å²) in [5.74, 6) is 0. The van der Waals surface area contributed by atoms with Gasteiger partial charge in [-0.3, -0.25) is 0 Å². The Morgan fingerprint density at radius 3 is 2.24 bits per heavy atom. The number of aromatic nitrogens is 2. The van der Waals surface area contributed by atoms with Crippen molar-refractivity contribution in [2.24, 2.45) is 0 Å². The van der Waals surface area contributed by atoms with Gasteiger partial charge in [0.1, 0.15) is 6.33 Å². The molecular weight excluding hydrogens is 256 g/mol. The molecule has 0 amide bonds. The summed E-state index contributed by atoms with van der Waals surface area (Å²) < 4.78 is 0. The topological polar surface area (TPSA) is 25.8 Å². The maximum atomic E-state index is 4.53. The van der Waals surface area contributed by atoms with E-state index >= 15 is 0 Å². The molecule has 0 fully saturated rings. The Morgan fingerprint density at radius 2 is 1.43 bits per heavy atom. The highest BCUT2D eigenvalue weighted by molar-refractivity contribution is 6.10. The second-order valence-electron chi connectivity index (χ2n) is 5.22. The Kier molecular flexibility index (Phi) is 2.68. The lowest BCUT2D eigenvalue weighted by molar-refractivity contribution is 1.23. The maximum absolute atomic E-state index is 4.53. The summed E-state index contributed by atoms with van der Waals surface area (Å²) >= 11 is 0. The van der Waals surface area contributed by atoms with Crippen LogP contribution in [0.3, 0.4) is 0 Å². The van der Waals surface area contributed by atoms with E-state index in [-0.39, 0.29) is 0 Å². The zero-order valence-electron chi connectivity index (χ0n) is 11.7. The van der Waals surface area contributed by atoms with Crippen molar-refractivity contribution in [2.75, 3.05) is 0 Å². The van der Waals surface area contributed by atoms with E-state index in [0.717, 1.165) is 22.2 Å². The van der Waals surface area contributed by atoms with Gasteiger partial charge >= 0.3 is 0 Å². The van der Waals surface area contributed by atoms with E-state index in [2.05, 4.69) is 59.4 Å². The molecule has 0 saturated heterocycles. The summed E-state index contributed by atoms with van der Waals surface area (Å²) in [6, 6.07) is 20.9. The SMILES string of the molecule is Cc1cc2c(-c3ccccc3)ncnc2c2ccccc12. The largest absolute Gasteiger partial charge is 0.236 e. The van der Waals surface area contributed by atoms with Crippen molar-refractivity contribution < 1.29 is 0 Å². The van der Waals surface area contributed by atoms with Gasteiger partial charge in [-0.2, -0.15) is 0 Å². The van der Waals surface area contributed by atoms with Gasteiger partial charge < -0.3 is 0 Å². The monoisotopic (exact) mass is 270 g/mol. The predicted octanol–water partition coefficient (Wildman–Crippen LogP) is 4.76. The van der Waals surface area contributed by atoms with Crippen molar-refractivity contribution in [3.63, 3.8) is 0 Å². The molecule has 1 heterocycles. The molecule has 0 aliphatic heterocycles. The van der Waals surface area contributed by atoms with Crippen molar-refractivity contribution in [1.82, 2.24) is 9.97 Å². The van der Waals surface area contributed by atoms with Gasteiger partial charge in [0.05, 0.1) is 11.2 Å². The number of fused-ring (bicyclic) bond motifs is 3. The third-order valence-corrected chi connectivity index (χ3v) is 3.90. The van der Waals surface area contributed by atoms with Gasteiger partial charge in [0.15, 0.2) is 0 Å². The zero-order chi connectivity index (χ0) is 14.2. The second-order valence-corrected chi connectivity index (χ2v) is 5.22. The Balaban J connectivity index is 2.16. The number of aryl methyl sites for hydroxylation is 1. The van der Waals surface area contributed by atoms with Crippen LogP contribution in [-0.4, -0.2) is 9.97 Å². The Bertz CT molecular complexity index is 943. The van der Waals surface area contributed by atoms with Gasteiger partial charge in [-0.05, 0) is 23.9 Å². The molecule has 0 spiro atoms. The van der Waals surface area contributed by atoms with E-state index in [1.807, 2.05) is 18.2 Å². The van der Waals surface area contributed by atoms with E-state index in [1.54, 1.807) is 6.33 Å². The zero-order valence-corrected chi connectivity index (χ0v) is 11.7. The lowest BCUT2D eigenvalue weighted by Gasteiger charge is -2.10. The number of rotatable bonds is 1. The van der Waals surface area contributed by atoms with Crippen molar-refractivity contribution in [2.45, 2.75) is 6.92 Å². The highest BCUT2D eigenvalue weighted by Gasteiger charge is 2.10. The molecule has 0 saturated carbocycles. The van der Waals surface area contributed by atoms with Crippen LogP contribution in [0.15, 0.2) is 67.0 Å². The molecule has 1 aromatic heterocycles. The van der Waals surface area contributed by atoms with Crippen molar-refractivity contribution in [3.05, 3.63) is 72.6 Å². The minimum atomic E-state index is 0.995. The molecule has 0 bridgehead atoms. The third-order valence-electron chi connectivity index (χ3n) is 3.90. The molecule has 0 radical (unpaired) electrons. The summed E-state index contributed by atoms with van der Waals surface area (Å²) in [5, 5.41) is 3.55. The fourth-order valence-electron chi connectivity index (χ4n) is 2.90. The molecule has 3 aromatic carbocycles. The van der Waals surface area contributed by atoms with Crippen LogP contribution in [0, 0.1) is 6.92 Å². The smallest absolute Gasteiger partial charge is 0.116 e. The molecule has 0 N–H and O–H groups in total. The summed E-state index contributed by atoms with van der Waals surface area (Å²) in [6.45, 7) is 2.14. The van der Waals surface area contributed by atoms with Crippen LogP contribution < -0.4 is 0 Å². The highest BCUT2D eigenvalue weighted by Crippen LogP contribution is 2.32. The van der Waals surface area contributed by atoms with Crippen LogP contribution in [0.1, 0.15) is 5.56 Å². The van der Waals surface area contributed by atoms with E-state index in [0.29, 0.717) is 0 Å². The van der Waals surface area contributed by atoms with Crippen LogP contribution in [0.4, 0.5) is 0 Å². The molecular formula is C19H14N2. The van der Waals surface area contributed by atoms with Crippen molar-refractivity contribution in [3.8, 4) is 11.3 Å². The molecule has 0 aliphatic rings. The van der Waals surface area contributed by atoms with Gasteiger partial charge in [0.25, 0.3) is 0 Å².